The van der Waals surface area contributed by atoms with Gasteiger partial charge in [-0.25, -0.2) is 0 Å². The minimum Gasteiger partial charge on any atom is -0.328 e. The zero-order valence-corrected chi connectivity index (χ0v) is 8.27. The van der Waals surface area contributed by atoms with Crippen LogP contribution in [0.4, 0.5) is 0 Å². The molecule has 0 saturated heterocycles. The van der Waals surface area contributed by atoms with Crippen LogP contribution in [0.25, 0.3) is 10.8 Å². The van der Waals surface area contributed by atoms with E-state index in [1.54, 1.807) is 0 Å². The van der Waals surface area contributed by atoms with Crippen LogP contribution in [0.2, 0.25) is 0 Å². The van der Waals surface area contributed by atoms with Crippen molar-refractivity contribution in [2.45, 2.75) is 19.4 Å². The standard InChI is InChI=1S/C12H14N2/c1-9(13)7-11-4-2-3-10-5-6-14-8-12(10)11/h2-6,8-9H,7,13H2,1H3. The largest absolute Gasteiger partial charge is 0.328 e. The van der Waals surface area contributed by atoms with Gasteiger partial charge in [0, 0.05) is 23.8 Å². The molecule has 72 valence electrons. The summed E-state index contributed by atoms with van der Waals surface area (Å²) >= 11 is 0. The fourth-order valence-corrected chi connectivity index (χ4v) is 1.70. The Hall–Kier alpha value is -1.41. The predicted octanol–water partition coefficient (Wildman–Crippen LogP) is 2.12. The first-order valence-electron chi connectivity index (χ1n) is 4.84. The van der Waals surface area contributed by atoms with E-state index in [1.807, 2.05) is 25.4 Å². The van der Waals surface area contributed by atoms with Crippen molar-refractivity contribution >= 4 is 10.8 Å². The second-order valence-corrected chi connectivity index (χ2v) is 3.70. The fraction of sp³-hybridized carbons (Fsp3) is 0.250. The number of rotatable bonds is 2. The van der Waals surface area contributed by atoms with Crippen molar-refractivity contribution in [2.24, 2.45) is 5.73 Å². The summed E-state index contributed by atoms with van der Waals surface area (Å²) in [6.07, 6.45) is 4.63. The van der Waals surface area contributed by atoms with Crippen LogP contribution in [-0.2, 0) is 6.42 Å². The van der Waals surface area contributed by atoms with Crippen LogP contribution in [0.5, 0.6) is 0 Å². The average molecular weight is 186 g/mol. The third-order valence-electron chi connectivity index (χ3n) is 2.32. The second-order valence-electron chi connectivity index (χ2n) is 3.70. The molecule has 2 heteroatoms. The average Bonchev–Trinajstić information content (AvgIpc) is 2.18. The lowest BCUT2D eigenvalue weighted by Gasteiger charge is -2.08. The normalized spacial score (nSPS) is 13.0. The molecule has 14 heavy (non-hydrogen) atoms. The molecule has 2 N–H and O–H groups in total. The molecule has 0 amide bonds. The number of hydrogen-bond donors (Lipinski definition) is 1. The van der Waals surface area contributed by atoms with Gasteiger partial charge in [0.05, 0.1) is 0 Å². The molecule has 0 fully saturated rings. The second kappa shape index (κ2) is 3.76. The van der Waals surface area contributed by atoms with Crippen molar-refractivity contribution in [3.8, 4) is 0 Å². The summed E-state index contributed by atoms with van der Waals surface area (Å²) in [4.78, 5) is 4.14. The third kappa shape index (κ3) is 1.75. The van der Waals surface area contributed by atoms with E-state index < -0.39 is 0 Å². The quantitative estimate of drug-likeness (QED) is 0.780. The van der Waals surface area contributed by atoms with E-state index in [0.717, 1.165) is 6.42 Å². The lowest BCUT2D eigenvalue weighted by molar-refractivity contribution is 0.741. The molecule has 0 bridgehead atoms. The van der Waals surface area contributed by atoms with E-state index in [2.05, 4.69) is 23.2 Å². The van der Waals surface area contributed by atoms with Crippen LogP contribution in [0.3, 0.4) is 0 Å². The maximum atomic E-state index is 5.80. The van der Waals surface area contributed by atoms with E-state index in [0.29, 0.717) is 0 Å². The van der Waals surface area contributed by atoms with E-state index in [9.17, 15) is 0 Å². The van der Waals surface area contributed by atoms with Gasteiger partial charge in [0.15, 0.2) is 0 Å². The van der Waals surface area contributed by atoms with Crippen molar-refractivity contribution < 1.29 is 0 Å². The molecule has 1 atom stereocenters. The molecule has 0 aliphatic carbocycles. The van der Waals surface area contributed by atoms with E-state index in [4.69, 9.17) is 5.73 Å². The number of pyridine rings is 1. The van der Waals surface area contributed by atoms with Gasteiger partial charge in [0.2, 0.25) is 0 Å². The highest BCUT2D eigenvalue weighted by molar-refractivity contribution is 5.84. The number of fused-ring (bicyclic) bond motifs is 1. The highest BCUT2D eigenvalue weighted by atomic mass is 14.6. The van der Waals surface area contributed by atoms with E-state index >= 15 is 0 Å². The molecular weight excluding hydrogens is 172 g/mol. The molecular formula is C12H14N2. The first-order valence-corrected chi connectivity index (χ1v) is 4.84. The van der Waals surface area contributed by atoms with Crippen LogP contribution in [0.1, 0.15) is 12.5 Å². The molecule has 1 aromatic heterocycles. The Balaban J connectivity index is 2.53. The fourth-order valence-electron chi connectivity index (χ4n) is 1.70. The Morgan fingerprint density at radius 1 is 1.36 bits per heavy atom. The van der Waals surface area contributed by atoms with E-state index in [1.165, 1.54) is 16.3 Å². The SMILES string of the molecule is CC(N)Cc1cccc2ccncc12. The Labute approximate surface area is 83.8 Å². The summed E-state index contributed by atoms with van der Waals surface area (Å²) in [5.74, 6) is 0. The summed E-state index contributed by atoms with van der Waals surface area (Å²) in [5.41, 5.74) is 7.08. The van der Waals surface area contributed by atoms with Gasteiger partial charge in [-0.05, 0) is 30.4 Å². The van der Waals surface area contributed by atoms with Gasteiger partial charge in [-0.15, -0.1) is 0 Å². The summed E-state index contributed by atoms with van der Waals surface area (Å²) in [6, 6.07) is 8.51. The molecule has 2 rings (SSSR count). The van der Waals surface area contributed by atoms with E-state index in [-0.39, 0.29) is 6.04 Å². The molecule has 0 radical (unpaired) electrons. The molecule has 0 aliphatic heterocycles. The van der Waals surface area contributed by atoms with Gasteiger partial charge < -0.3 is 5.73 Å². The molecule has 2 aromatic rings. The lowest BCUT2D eigenvalue weighted by atomic mass is 10.0. The number of nitrogens with zero attached hydrogens (tertiary/aromatic N) is 1. The Morgan fingerprint density at radius 2 is 2.21 bits per heavy atom. The van der Waals surface area contributed by atoms with Gasteiger partial charge in [-0.3, -0.25) is 4.98 Å². The van der Waals surface area contributed by atoms with Crippen molar-refractivity contribution in [3.05, 3.63) is 42.2 Å². The van der Waals surface area contributed by atoms with Gasteiger partial charge in [0.25, 0.3) is 0 Å². The first-order chi connectivity index (χ1) is 6.77. The van der Waals surface area contributed by atoms with Crippen molar-refractivity contribution in [2.75, 3.05) is 0 Å². The summed E-state index contributed by atoms with van der Waals surface area (Å²) < 4.78 is 0. The molecule has 2 nitrogen and oxygen atoms in total. The zero-order valence-electron chi connectivity index (χ0n) is 8.27. The summed E-state index contributed by atoms with van der Waals surface area (Å²) in [6.45, 7) is 2.02. The van der Waals surface area contributed by atoms with Crippen LogP contribution in [-0.4, -0.2) is 11.0 Å². The monoisotopic (exact) mass is 186 g/mol. The Morgan fingerprint density at radius 3 is 3.00 bits per heavy atom. The maximum absolute atomic E-state index is 5.80. The van der Waals surface area contributed by atoms with Gasteiger partial charge in [-0.1, -0.05) is 18.2 Å². The molecule has 0 spiro atoms. The number of benzene rings is 1. The first kappa shape index (κ1) is 9.16. The number of nitrogens with two attached hydrogens (primary N) is 1. The van der Waals surface area contributed by atoms with Crippen LogP contribution >= 0.6 is 0 Å². The summed E-state index contributed by atoms with van der Waals surface area (Å²) in [5, 5.41) is 2.45. The van der Waals surface area contributed by atoms with Crippen LogP contribution in [0, 0.1) is 0 Å². The van der Waals surface area contributed by atoms with Crippen molar-refractivity contribution in [3.63, 3.8) is 0 Å². The topological polar surface area (TPSA) is 38.9 Å². The van der Waals surface area contributed by atoms with Crippen LogP contribution < -0.4 is 5.73 Å². The van der Waals surface area contributed by atoms with Gasteiger partial charge in [-0.2, -0.15) is 0 Å². The third-order valence-corrected chi connectivity index (χ3v) is 2.32. The summed E-state index contributed by atoms with van der Waals surface area (Å²) in [7, 11) is 0. The van der Waals surface area contributed by atoms with Crippen LogP contribution in [0.15, 0.2) is 36.7 Å². The number of hydrogen-bond acceptors (Lipinski definition) is 2. The lowest BCUT2D eigenvalue weighted by Crippen LogP contribution is -2.17. The van der Waals surface area contributed by atoms with Gasteiger partial charge >= 0.3 is 0 Å². The number of aromatic nitrogens is 1. The molecule has 0 aliphatic rings. The smallest absolute Gasteiger partial charge is 0.0349 e. The highest BCUT2D eigenvalue weighted by Crippen LogP contribution is 2.18. The predicted molar refractivity (Wildman–Crippen MR) is 59.1 cm³/mol. The maximum Gasteiger partial charge on any atom is 0.0349 e. The highest BCUT2D eigenvalue weighted by Gasteiger charge is 2.02. The van der Waals surface area contributed by atoms with Gasteiger partial charge in [0.1, 0.15) is 0 Å². The Bertz CT molecular complexity index is 430. The molecule has 1 heterocycles. The van der Waals surface area contributed by atoms with Crippen molar-refractivity contribution in [1.29, 1.82) is 0 Å². The minimum atomic E-state index is 0.195. The van der Waals surface area contributed by atoms with Crippen molar-refractivity contribution in [1.82, 2.24) is 4.98 Å². The zero-order chi connectivity index (χ0) is 9.97. The molecule has 0 saturated carbocycles. The Kier molecular flexibility index (Phi) is 2.46. The molecule has 1 aromatic carbocycles. The molecule has 1 unspecified atom stereocenters. The minimum absolute atomic E-state index is 0.195.